The summed E-state index contributed by atoms with van der Waals surface area (Å²) in [7, 11) is 0. The Balaban J connectivity index is 1.55. The van der Waals surface area contributed by atoms with Crippen LogP contribution >= 0.6 is 0 Å². The van der Waals surface area contributed by atoms with Crippen LogP contribution in [0, 0.1) is 5.41 Å². The molecular weight excluding hydrogens is 240 g/mol. The molecule has 0 amide bonds. The minimum atomic E-state index is 0.339. The van der Waals surface area contributed by atoms with E-state index in [0.717, 1.165) is 39.4 Å². The lowest BCUT2D eigenvalue weighted by atomic mass is 9.86. The van der Waals surface area contributed by atoms with Crippen molar-refractivity contribution in [2.75, 3.05) is 45.9 Å². The SMILES string of the molecule is CCCNCC1(CN2CC3CCC(C2)O3)CCOC1. The van der Waals surface area contributed by atoms with Crippen LogP contribution in [-0.4, -0.2) is 63.0 Å². The number of hydrogen-bond donors (Lipinski definition) is 1. The van der Waals surface area contributed by atoms with Crippen LogP contribution in [0.5, 0.6) is 0 Å². The molecule has 0 aromatic heterocycles. The zero-order valence-corrected chi connectivity index (χ0v) is 12.2. The molecule has 0 aromatic carbocycles. The first-order chi connectivity index (χ1) is 9.30. The number of likely N-dealkylation sites (tertiary alicyclic amines) is 1. The van der Waals surface area contributed by atoms with E-state index in [1.54, 1.807) is 0 Å². The quantitative estimate of drug-likeness (QED) is 0.735. The lowest BCUT2D eigenvalue weighted by Crippen LogP contribution is -2.50. The molecule has 3 saturated heterocycles. The molecule has 3 aliphatic rings. The van der Waals surface area contributed by atoms with E-state index in [2.05, 4.69) is 17.1 Å². The van der Waals surface area contributed by atoms with Crippen molar-refractivity contribution in [3.05, 3.63) is 0 Å². The summed E-state index contributed by atoms with van der Waals surface area (Å²) in [5.41, 5.74) is 0.339. The largest absolute Gasteiger partial charge is 0.381 e. The van der Waals surface area contributed by atoms with Crippen molar-refractivity contribution in [1.82, 2.24) is 10.2 Å². The van der Waals surface area contributed by atoms with Gasteiger partial charge in [-0.15, -0.1) is 0 Å². The summed E-state index contributed by atoms with van der Waals surface area (Å²) in [5.74, 6) is 0. The van der Waals surface area contributed by atoms with E-state index in [9.17, 15) is 0 Å². The predicted octanol–water partition coefficient (Wildman–Crippen LogP) is 1.26. The smallest absolute Gasteiger partial charge is 0.0707 e. The van der Waals surface area contributed by atoms with Gasteiger partial charge in [0.05, 0.1) is 18.8 Å². The molecule has 3 unspecified atom stereocenters. The Labute approximate surface area is 116 Å². The molecule has 19 heavy (non-hydrogen) atoms. The molecule has 0 aliphatic carbocycles. The normalized spacial score (nSPS) is 39.0. The lowest BCUT2D eigenvalue weighted by Gasteiger charge is -2.38. The van der Waals surface area contributed by atoms with E-state index in [0.29, 0.717) is 17.6 Å². The molecule has 3 fully saturated rings. The summed E-state index contributed by atoms with van der Waals surface area (Å²) >= 11 is 0. The molecule has 3 aliphatic heterocycles. The van der Waals surface area contributed by atoms with Crippen molar-refractivity contribution < 1.29 is 9.47 Å². The van der Waals surface area contributed by atoms with Gasteiger partial charge >= 0.3 is 0 Å². The zero-order chi connectivity index (χ0) is 13.1. The fraction of sp³-hybridized carbons (Fsp3) is 1.00. The lowest BCUT2D eigenvalue weighted by molar-refractivity contribution is -0.0511. The molecule has 0 radical (unpaired) electrons. The van der Waals surface area contributed by atoms with E-state index < -0.39 is 0 Å². The van der Waals surface area contributed by atoms with E-state index >= 15 is 0 Å². The minimum absolute atomic E-state index is 0.339. The Hall–Kier alpha value is -0.160. The van der Waals surface area contributed by atoms with Gasteiger partial charge < -0.3 is 14.8 Å². The van der Waals surface area contributed by atoms with Crippen LogP contribution in [0.25, 0.3) is 0 Å². The second-order valence-electron chi connectivity index (χ2n) is 6.63. The third-order valence-electron chi connectivity index (χ3n) is 4.79. The first kappa shape index (κ1) is 13.8. The predicted molar refractivity (Wildman–Crippen MR) is 75.4 cm³/mol. The summed E-state index contributed by atoms with van der Waals surface area (Å²) in [4.78, 5) is 2.63. The Morgan fingerprint density at radius 2 is 2.05 bits per heavy atom. The van der Waals surface area contributed by atoms with Crippen LogP contribution in [0.2, 0.25) is 0 Å². The van der Waals surface area contributed by atoms with Crippen molar-refractivity contribution in [2.24, 2.45) is 5.41 Å². The zero-order valence-electron chi connectivity index (χ0n) is 12.2. The standard InChI is InChI=1S/C15H28N2O2/c1-2-6-16-10-15(5-7-18-12-15)11-17-8-13-3-4-14(9-17)19-13/h13-14,16H,2-12H2,1H3. The maximum Gasteiger partial charge on any atom is 0.0707 e. The van der Waals surface area contributed by atoms with Gasteiger partial charge in [-0.25, -0.2) is 0 Å². The van der Waals surface area contributed by atoms with E-state index in [1.165, 1.54) is 32.2 Å². The Bertz CT molecular complexity index is 280. The summed E-state index contributed by atoms with van der Waals surface area (Å²) in [6, 6.07) is 0. The van der Waals surface area contributed by atoms with E-state index in [1.807, 2.05) is 0 Å². The van der Waals surface area contributed by atoms with Crippen LogP contribution < -0.4 is 5.32 Å². The highest BCUT2D eigenvalue weighted by Gasteiger charge is 2.40. The van der Waals surface area contributed by atoms with Crippen molar-refractivity contribution in [1.29, 1.82) is 0 Å². The average Bonchev–Trinajstić information content (AvgIpc) is 2.98. The van der Waals surface area contributed by atoms with Gasteiger partial charge in [0.25, 0.3) is 0 Å². The number of morpholine rings is 1. The summed E-state index contributed by atoms with van der Waals surface area (Å²) in [5, 5.41) is 3.61. The van der Waals surface area contributed by atoms with E-state index in [4.69, 9.17) is 9.47 Å². The van der Waals surface area contributed by atoms with E-state index in [-0.39, 0.29) is 0 Å². The molecule has 0 aromatic rings. The fourth-order valence-corrected chi connectivity index (χ4v) is 3.80. The highest BCUT2D eigenvalue weighted by Crippen LogP contribution is 2.33. The summed E-state index contributed by atoms with van der Waals surface area (Å²) in [6.45, 7) is 9.76. The van der Waals surface area contributed by atoms with Crippen LogP contribution in [0.4, 0.5) is 0 Å². The third kappa shape index (κ3) is 3.30. The minimum Gasteiger partial charge on any atom is -0.381 e. The molecule has 110 valence electrons. The Morgan fingerprint density at radius 1 is 1.26 bits per heavy atom. The van der Waals surface area contributed by atoms with Gasteiger partial charge in [-0.2, -0.15) is 0 Å². The molecule has 3 atom stereocenters. The van der Waals surface area contributed by atoms with Gasteiger partial charge in [0.2, 0.25) is 0 Å². The van der Waals surface area contributed by atoms with Crippen LogP contribution in [0.15, 0.2) is 0 Å². The molecule has 3 heterocycles. The second-order valence-corrected chi connectivity index (χ2v) is 6.63. The molecular formula is C15H28N2O2. The molecule has 1 N–H and O–H groups in total. The van der Waals surface area contributed by atoms with Gasteiger partial charge in [0.1, 0.15) is 0 Å². The number of hydrogen-bond acceptors (Lipinski definition) is 4. The summed E-state index contributed by atoms with van der Waals surface area (Å²) in [6.07, 6.45) is 5.94. The maximum atomic E-state index is 5.93. The van der Waals surface area contributed by atoms with Crippen molar-refractivity contribution in [3.8, 4) is 0 Å². The summed E-state index contributed by atoms with van der Waals surface area (Å²) < 4.78 is 11.6. The molecule has 3 rings (SSSR count). The maximum absolute atomic E-state index is 5.93. The second kappa shape index (κ2) is 6.08. The van der Waals surface area contributed by atoms with Gasteiger partial charge in [-0.1, -0.05) is 6.92 Å². The molecule has 4 nitrogen and oxygen atoms in total. The number of ether oxygens (including phenoxy) is 2. The van der Waals surface area contributed by atoms with Crippen molar-refractivity contribution in [3.63, 3.8) is 0 Å². The highest BCUT2D eigenvalue weighted by molar-refractivity contribution is 4.92. The molecule has 2 bridgehead atoms. The van der Waals surface area contributed by atoms with Crippen molar-refractivity contribution in [2.45, 2.75) is 44.8 Å². The first-order valence-corrected chi connectivity index (χ1v) is 7.96. The molecule has 0 spiro atoms. The van der Waals surface area contributed by atoms with Crippen LogP contribution in [0.1, 0.15) is 32.6 Å². The molecule has 4 heteroatoms. The number of nitrogens with one attached hydrogen (secondary N) is 1. The molecule has 0 saturated carbocycles. The van der Waals surface area contributed by atoms with Crippen molar-refractivity contribution >= 4 is 0 Å². The van der Waals surface area contributed by atoms with Gasteiger partial charge in [0, 0.05) is 38.2 Å². The fourth-order valence-electron chi connectivity index (χ4n) is 3.80. The first-order valence-electron chi connectivity index (χ1n) is 7.96. The Kier molecular flexibility index (Phi) is 4.42. The topological polar surface area (TPSA) is 33.7 Å². The van der Waals surface area contributed by atoms with Gasteiger partial charge in [-0.3, -0.25) is 4.90 Å². The van der Waals surface area contributed by atoms with Crippen LogP contribution in [0.3, 0.4) is 0 Å². The van der Waals surface area contributed by atoms with Gasteiger partial charge in [-0.05, 0) is 32.2 Å². The monoisotopic (exact) mass is 268 g/mol. The Morgan fingerprint density at radius 3 is 2.68 bits per heavy atom. The number of nitrogens with zero attached hydrogens (tertiary/aromatic N) is 1. The average molecular weight is 268 g/mol. The highest BCUT2D eigenvalue weighted by atomic mass is 16.5. The number of fused-ring (bicyclic) bond motifs is 2. The van der Waals surface area contributed by atoms with Gasteiger partial charge in [0.15, 0.2) is 0 Å². The third-order valence-corrected chi connectivity index (χ3v) is 4.79. The van der Waals surface area contributed by atoms with Crippen LogP contribution in [-0.2, 0) is 9.47 Å². The number of rotatable bonds is 6.